The van der Waals surface area contributed by atoms with Crippen LogP contribution in [0.1, 0.15) is 31.6 Å². The summed E-state index contributed by atoms with van der Waals surface area (Å²) >= 11 is 3.51. The van der Waals surface area contributed by atoms with Crippen LogP contribution in [0.25, 0.3) is 11.4 Å². The van der Waals surface area contributed by atoms with Crippen molar-refractivity contribution in [1.82, 2.24) is 10.1 Å². The minimum Gasteiger partial charge on any atom is -0.339 e. The van der Waals surface area contributed by atoms with E-state index in [0.717, 1.165) is 29.3 Å². The molecule has 1 fully saturated rings. The fourth-order valence-electron chi connectivity index (χ4n) is 2.80. The molecule has 2 atom stereocenters. The smallest absolute Gasteiger partial charge is 0.227 e. The predicted molar refractivity (Wildman–Crippen MR) is 81.1 cm³/mol. The molecule has 1 aromatic carbocycles. The van der Waals surface area contributed by atoms with Gasteiger partial charge in [-0.2, -0.15) is 4.98 Å². The maximum atomic E-state index is 6.17. The maximum Gasteiger partial charge on any atom is 0.227 e. The molecule has 3 rings (SSSR count). The summed E-state index contributed by atoms with van der Waals surface area (Å²) in [7, 11) is 0. The van der Waals surface area contributed by atoms with Gasteiger partial charge in [-0.05, 0) is 30.9 Å². The second-order valence-corrected chi connectivity index (χ2v) is 6.26. The maximum absolute atomic E-state index is 6.17. The number of halogens is 1. The van der Waals surface area contributed by atoms with Gasteiger partial charge in [0.15, 0.2) is 0 Å². The highest BCUT2D eigenvalue weighted by atomic mass is 79.9. The minimum atomic E-state index is 0.266. The van der Waals surface area contributed by atoms with Crippen molar-refractivity contribution in [2.45, 2.75) is 38.1 Å². The van der Waals surface area contributed by atoms with Gasteiger partial charge in [0, 0.05) is 22.5 Å². The Morgan fingerprint density at radius 3 is 2.85 bits per heavy atom. The number of nitrogens with two attached hydrogens (primary N) is 1. The highest BCUT2D eigenvalue weighted by Crippen LogP contribution is 2.28. The zero-order chi connectivity index (χ0) is 13.9. The Kier molecular flexibility index (Phi) is 4.17. The van der Waals surface area contributed by atoms with E-state index in [1.165, 1.54) is 12.8 Å². The van der Waals surface area contributed by atoms with Gasteiger partial charge in [0.1, 0.15) is 0 Å². The van der Waals surface area contributed by atoms with E-state index >= 15 is 0 Å². The quantitative estimate of drug-likeness (QED) is 0.931. The van der Waals surface area contributed by atoms with Gasteiger partial charge in [0.2, 0.25) is 11.7 Å². The average molecular weight is 336 g/mol. The SMILES string of the molecule is NC1CCCCC1Cc1nc(-c2ccccc2Br)no1. The molecule has 5 heteroatoms. The van der Waals surface area contributed by atoms with E-state index in [1.807, 2.05) is 24.3 Å². The lowest BCUT2D eigenvalue weighted by atomic mass is 9.83. The summed E-state index contributed by atoms with van der Waals surface area (Å²) in [4.78, 5) is 4.51. The number of aromatic nitrogens is 2. The average Bonchev–Trinajstić information content (AvgIpc) is 2.90. The third-order valence-electron chi connectivity index (χ3n) is 3.99. The van der Waals surface area contributed by atoms with Crippen LogP contribution in [0.3, 0.4) is 0 Å². The molecule has 20 heavy (non-hydrogen) atoms. The molecular formula is C15H18BrN3O. The predicted octanol–water partition coefficient (Wildman–Crippen LogP) is 3.56. The zero-order valence-corrected chi connectivity index (χ0v) is 12.8. The molecule has 4 nitrogen and oxygen atoms in total. The van der Waals surface area contributed by atoms with Crippen LogP contribution >= 0.6 is 15.9 Å². The van der Waals surface area contributed by atoms with Crippen molar-refractivity contribution in [2.75, 3.05) is 0 Å². The highest BCUT2D eigenvalue weighted by Gasteiger charge is 2.24. The molecule has 0 radical (unpaired) electrons. The minimum absolute atomic E-state index is 0.266. The monoisotopic (exact) mass is 335 g/mol. The third kappa shape index (κ3) is 2.94. The van der Waals surface area contributed by atoms with Crippen LogP contribution in [0.2, 0.25) is 0 Å². The molecular weight excluding hydrogens is 318 g/mol. The van der Waals surface area contributed by atoms with Gasteiger partial charge < -0.3 is 10.3 Å². The van der Waals surface area contributed by atoms with Crippen LogP contribution in [0.5, 0.6) is 0 Å². The van der Waals surface area contributed by atoms with Crippen LogP contribution in [0.15, 0.2) is 33.3 Å². The fraction of sp³-hybridized carbons (Fsp3) is 0.467. The summed E-state index contributed by atoms with van der Waals surface area (Å²) in [6, 6.07) is 8.15. The molecule has 1 aliphatic rings. The fourth-order valence-corrected chi connectivity index (χ4v) is 3.27. The number of benzene rings is 1. The van der Waals surface area contributed by atoms with Crippen molar-refractivity contribution in [3.8, 4) is 11.4 Å². The molecule has 0 bridgehead atoms. The van der Waals surface area contributed by atoms with E-state index in [2.05, 4.69) is 26.1 Å². The second kappa shape index (κ2) is 6.06. The van der Waals surface area contributed by atoms with Gasteiger partial charge in [-0.3, -0.25) is 0 Å². The van der Waals surface area contributed by atoms with E-state index in [4.69, 9.17) is 10.3 Å². The topological polar surface area (TPSA) is 64.9 Å². The van der Waals surface area contributed by atoms with Crippen LogP contribution < -0.4 is 5.73 Å². The van der Waals surface area contributed by atoms with Gasteiger partial charge >= 0.3 is 0 Å². The number of hydrogen-bond donors (Lipinski definition) is 1. The molecule has 1 aromatic heterocycles. The van der Waals surface area contributed by atoms with Crippen molar-refractivity contribution in [3.05, 3.63) is 34.6 Å². The van der Waals surface area contributed by atoms with E-state index in [0.29, 0.717) is 17.6 Å². The summed E-state index contributed by atoms with van der Waals surface area (Å²) in [5.74, 6) is 1.80. The molecule has 2 N–H and O–H groups in total. The summed E-state index contributed by atoms with van der Waals surface area (Å²) in [6.07, 6.45) is 5.55. The van der Waals surface area contributed by atoms with Crippen LogP contribution in [-0.4, -0.2) is 16.2 Å². The molecule has 106 valence electrons. The lowest BCUT2D eigenvalue weighted by molar-refractivity contribution is 0.273. The molecule has 0 spiro atoms. The molecule has 1 aliphatic carbocycles. The van der Waals surface area contributed by atoms with E-state index < -0.39 is 0 Å². The van der Waals surface area contributed by atoms with Crippen molar-refractivity contribution in [2.24, 2.45) is 11.7 Å². The van der Waals surface area contributed by atoms with Gasteiger partial charge in [0.05, 0.1) is 0 Å². The van der Waals surface area contributed by atoms with Crippen LogP contribution in [-0.2, 0) is 6.42 Å². The summed E-state index contributed by atoms with van der Waals surface area (Å²) in [5.41, 5.74) is 7.13. The lowest BCUT2D eigenvalue weighted by Gasteiger charge is -2.27. The normalized spacial score (nSPS) is 22.9. The van der Waals surface area contributed by atoms with Crippen molar-refractivity contribution < 1.29 is 4.52 Å². The number of rotatable bonds is 3. The van der Waals surface area contributed by atoms with E-state index in [-0.39, 0.29) is 6.04 Å². The first-order valence-electron chi connectivity index (χ1n) is 7.07. The van der Waals surface area contributed by atoms with Crippen molar-refractivity contribution >= 4 is 15.9 Å². The number of hydrogen-bond acceptors (Lipinski definition) is 4. The van der Waals surface area contributed by atoms with Crippen LogP contribution in [0, 0.1) is 5.92 Å². The standard InChI is InChI=1S/C15H18BrN3O/c16-12-7-3-2-6-11(12)15-18-14(20-19-15)9-10-5-1-4-8-13(10)17/h2-3,6-7,10,13H,1,4-5,8-9,17H2. The molecule has 2 unspecified atom stereocenters. The lowest BCUT2D eigenvalue weighted by Crippen LogP contribution is -2.34. The zero-order valence-electron chi connectivity index (χ0n) is 11.3. The first kappa shape index (κ1) is 13.8. The molecule has 0 aliphatic heterocycles. The molecule has 0 amide bonds. The molecule has 1 heterocycles. The third-order valence-corrected chi connectivity index (χ3v) is 4.68. The summed E-state index contributed by atoms with van der Waals surface area (Å²) in [6.45, 7) is 0. The Morgan fingerprint density at radius 2 is 2.05 bits per heavy atom. The van der Waals surface area contributed by atoms with E-state index in [1.54, 1.807) is 0 Å². The Bertz CT molecular complexity index is 584. The van der Waals surface area contributed by atoms with Crippen LogP contribution in [0.4, 0.5) is 0 Å². The highest BCUT2D eigenvalue weighted by molar-refractivity contribution is 9.10. The Morgan fingerprint density at radius 1 is 1.25 bits per heavy atom. The van der Waals surface area contributed by atoms with Gasteiger partial charge in [0.25, 0.3) is 0 Å². The Labute approximate surface area is 126 Å². The Hall–Kier alpha value is -1.20. The van der Waals surface area contributed by atoms with Crippen molar-refractivity contribution in [3.63, 3.8) is 0 Å². The van der Waals surface area contributed by atoms with Gasteiger partial charge in [-0.25, -0.2) is 0 Å². The van der Waals surface area contributed by atoms with Crippen molar-refractivity contribution in [1.29, 1.82) is 0 Å². The first-order chi connectivity index (χ1) is 9.74. The first-order valence-corrected chi connectivity index (χ1v) is 7.86. The summed E-state index contributed by atoms with van der Waals surface area (Å²) in [5, 5.41) is 4.08. The molecule has 1 saturated carbocycles. The Balaban J connectivity index is 1.75. The second-order valence-electron chi connectivity index (χ2n) is 5.40. The van der Waals surface area contributed by atoms with E-state index in [9.17, 15) is 0 Å². The number of nitrogens with zero attached hydrogens (tertiary/aromatic N) is 2. The summed E-state index contributed by atoms with van der Waals surface area (Å²) < 4.78 is 6.36. The van der Waals surface area contributed by atoms with Gasteiger partial charge in [-0.1, -0.05) is 46.1 Å². The largest absolute Gasteiger partial charge is 0.339 e. The molecule has 2 aromatic rings. The van der Waals surface area contributed by atoms with Gasteiger partial charge in [-0.15, -0.1) is 0 Å². The molecule has 0 saturated heterocycles.